The van der Waals surface area contributed by atoms with Crippen molar-refractivity contribution < 1.29 is 23.9 Å². The van der Waals surface area contributed by atoms with Gasteiger partial charge < -0.3 is 9.47 Å². The quantitative estimate of drug-likeness (QED) is 0.125. The molecule has 5 heteroatoms. The average molecular weight is 671 g/mol. The number of esters is 1. The summed E-state index contributed by atoms with van der Waals surface area (Å²) in [4.78, 5) is 38.0. The predicted molar refractivity (Wildman–Crippen MR) is 197 cm³/mol. The van der Waals surface area contributed by atoms with Gasteiger partial charge in [-0.3, -0.25) is 9.59 Å². The zero-order valence-electron chi connectivity index (χ0n) is 32.1. The van der Waals surface area contributed by atoms with E-state index in [1.807, 2.05) is 0 Å². The van der Waals surface area contributed by atoms with Gasteiger partial charge in [-0.05, 0) is 160 Å². The topological polar surface area (TPSA) is 69.7 Å². The Bertz CT molecular complexity index is 1580. The van der Waals surface area contributed by atoms with Gasteiger partial charge in [0.25, 0.3) is 0 Å². The maximum absolute atomic E-state index is 13.4. The number of hydrogen-bond donors (Lipinski definition) is 0. The molecule has 1 aromatic rings. The lowest BCUT2D eigenvalue weighted by Gasteiger charge is -2.73. The Balaban J connectivity index is 1.21. The van der Waals surface area contributed by atoms with Gasteiger partial charge in [0, 0.05) is 17.1 Å². The highest BCUT2D eigenvalue weighted by Crippen LogP contribution is 2.77. The molecule has 0 bridgehead atoms. The van der Waals surface area contributed by atoms with E-state index < -0.39 is 0 Å². The number of rotatable bonds is 7. The van der Waals surface area contributed by atoms with Crippen molar-refractivity contribution in [2.24, 2.45) is 56.7 Å². The molecule has 5 aliphatic rings. The highest BCUT2D eigenvalue weighted by molar-refractivity contribution is 6.09. The van der Waals surface area contributed by atoms with Crippen LogP contribution >= 0.6 is 0 Å². The van der Waals surface area contributed by atoms with Gasteiger partial charge in [-0.1, -0.05) is 53.7 Å². The summed E-state index contributed by atoms with van der Waals surface area (Å²) in [7, 11) is 1.48. The summed E-state index contributed by atoms with van der Waals surface area (Å²) >= 11 is 0. The molecule has 1 aromatic carbocycles. The van der Waals surface area contributed by atoms with Crippen molar-refractivity contribution in [3.05, 3.63) is 47.1 Å². The van der Waals surface area contributed by atoms with E-state index in [2.05, 4.69) is 55.0 Å². The molecule has 0 aliphatic heterocycles. The second-order valence-electron chi connectivity index (χ2n) is 18.7. The maximum atomic E-state index is 13.4. The van der Waals surface area contributed by atoms with Crippen LogP contribution in [0, 0.1) is 56.7 Å². The van der Waals surface area contributed by atoms with Gasteiger partial charge in [-0.15, -0.1) is 0 Å². The van der Waals surface area contributed by atoms with Crippen LogP contribution < -0.4 is 4.74 Å². The molecule has 0 radical (unpaired) electrons. The van der Waals surface area contributed by atoms with E-state index in [1.165, 1.54) is 84.0 Å². The summed E-state index contributed by atoms with van der Waals surface area (Å²) in [6, 6.07) is 3.34. The van der Waals surface area contributed by atoms with Crippen LogP contribution in [0.25, 0.3) is 6.08 Å². The molecule has 10 unspecified atom stereocenters. The number of carbonyl (C=O) groups excluding carboxylic acids is 3. The number of benzene rings is 1. The third-order valence-electron chi connectivity index (χ3n) is 16.2. The zero-order chi connectivity index (χ0) is 35.9. The molecular weight excluding hydrogens is 608 g/mol. The Morgan fingerprint density at radius 1 is 0.796 bits per heavy atom. The van der Waals surface area contributed by atoms with E-state index in [0.29, 0.717) is 50.9 Å². The van der Waals surface area contributed by atoms with Gasteiger partial charge in [-0.2, -0.15) is 0 Å². The monoisotopic (exact) mass is 670 g/mol. The Morgan fingerprint density at radius 3 is 2.14 bits per heavy atom. The average Bonchev–Trinajstić information content (AvgIpc) is 3.39. The van der Waals surface area contributed by atoms with Crippen LogP contribution in [0.15, 0.2) is 30.4 Å². The molecule has 268 valence electrons. The van der Waals surface area contributed by atoms with Crippen molar-refractivity contribution in [3.8, 4) is 5.75 Å². The molecule has 0 spiro atoms. The van der Waals surface area contributed by atoms with Crippen LogP contribution in [0.1, 0.15) is 153 Å². The number of hydrogen-bond acceptors (Lipinski definition) is 5. The summed E-state index contributed by atoms with van der Waals surface area (Å²) in [6.07, 6.45) is 15.4. The molecule has 10 atom stereocenters. The van der Waals surface area contributed by atoms with Crippen molar-refractivity contribution in [3.63, 3.8) is 0 Å². The third-order valence-corrected chi connectivity index (χ3v) is 16.2. The lowest BCUT2D eigenvalue weighted by molar-refractivity contribution is -0.248. The minimum atomic E-state index is -0.372. The zero-order valence-corrected chi connectivity index (χ0v) is 32.1. The first kappa shape index (κ1) is 36.1. The molecule has 6 rings (SSSR count). The summed E-state index contributed by atoms with van der Waals surface area (Å²) < 4.78 is 11.7. The Kier molecular flexibility index (Phi) is 9.01. The van der Waals surface area contributed by atoms with Crippen LogP contribution in [0.2, 0.25) is 0 Å². The van der Waals surface area contributed by atoms with Gasteiger partial charge in [0.05, 0.1) is 12.7 Å². The smallest absolute Gasteiger partial charge is 0.331 e. The van der Waals surface area contributed by atoms with Crippen LogP contribution in [0.5, 0.6) is 5.75 Å². The molecule has 5 saturated carbocycles. The molecule has 5 nitrogen and oxygen atoms in total. The van der Waals surface area contributed by atoms with Crippen LogP contribution in [-0.4, -0.2) is 30.7 Å². The Morgan fingerprint density at radius 2 is 1.51 bits per heavy atom. The lowest BCUT2D eigenvalue weighted by atomic mass is 9.32. The second-order valence-corrected chi connectivity index (χ2v) is 18.7. The first-order chi connectivity index (χ1) is 22.8. The van der Waals surface area contributed by atoms with Crippen LogP contribution in [0.3, 0.4) is 0 Å². The van der Waals surface area contributed by atoms with Crippen molar-refractivity contribution in [2.45, 2.75) is 133 Å². The Labute approximate surface area is 296 Å². The van der Waals surface area contributed by atoms with Crippen molar-refractivity contribution in [1.82, 2.24) is 0 Å². The minimum Gasteiger partial charge on any atom is -0.496 e. The SMILES string of the molecule is C=C(C)C1CCC2(C)CCC3(C)C(CCC4C5(C)CCC(OC(=O)C=Cc6cc(OC)c(C(C)=O)c(C(C)=O)c6)C(C)(C)C5CCC43C)C12. The molecule has 0 heterocycles. The largest absolute Gasteiger partial charge is 0.496 e. The van der Waals surface area contributed by atoms with Crippen LogP contribution in [-0.2, 0) is 9.53 Å². The molecule has 0 aromatic heterocycles. The van der Waals surface area contributed by atoms with Gasteiger partial charge in [0.1, 0.15) is 11.9 Å². The molecule has 5 fully saturated rings. The normalized spacial score (nSPS) is 40.8. The first-order valence-corrected chi connectivity index (χ1v) is 19.1. The summed E-state index contributed by atoms with van der Waals surface area (Å²) in [6.45, 7) is 25.0. The van der Waals surface area contributed by atoms with E-state index in [0.717, 1.165) is 24.7 Å². The van der Waals surface area contributed by atoms with Gasteiger partial charge >= 0.3 is 5.97 Å². The van der Waals surface area contributed by atoms with E-state index in [1.54, 1.807) is 18.2 Å². The summed E-state index contributed by atoms with van der Waals surface area (Å²) in [5.41, 5.74) is 3.78. The highest BCUT2D eigenvalue weighted by Gasteiger charge is 2.70. The molecule has 5 aliphatic carbocycles. The van der Waals surface area contributed by atoms with Crippen molar-refractivity contribution in [2.75, 3.05) is 7.11 Å². The van der Waals surface area contributed by atoms with E-state index in [-0.39, 0.29) is 40.0 Å². The van der Waals surface area contributed by atoms with Gasteiger partial charge in [-0.25, -0.2) is 4.79 Å². The predicted octanol–water partition coefficient (Wildman–Crippen LogP) is 10.7. The number of fused-ring (bicyclic) bond motifs is 7. The number of carbonyl (C=O) groups is 3. The van der Waals surface area contributed by atoms with Crippen molar-refractivity contribution >= 4 is 23.6 Å². The minimum absolute atomic E-state index is 0.147. The highest BCUT2D eigenvalue weighted by atomic mass is 16.5. The third kappa shape index (κ3) is 5.41. The lowest BCUT2D eigenvalue weighted by Crippen LogP contribution is -2.66. The molecule has 0 saturated heterocycles. The van der Waals surface area contributed by atoms with Gasteiger partial charge in [0.15, 0.2) is 11.6 Å². The second kappa shape index (κ2) is 12.2. The maximum Gasteiger partial charge on any atom is 0.331 e. The standard InChI is InChI=1S/C44H62O5/c1-26(2)30-16-19-41(7)22-23-43(9)32(39(30)41)13-14-35-42(8)20-18-36(40(5,6)34(42)17-21-44(35,43)10)49-37(47)15-12-29-24-31(27(3)45)38(28(4)46)33(25-29)48-11/h12,15,24-25,30,32,34-36,39H,1,13-14,16-23H2,2-11H3. The van der Waals surface area contributed by atoms with E-state index in [4.69, 9.17) is 9.47 Å². The fourth-order valence-corrected chi connectivity index (χ4v) is 13.6. The summed E-state index contributed by atoms with van der Waals surface area (Å²) in [5.74, 6) is 2.88. The van der Waals surface area contributed by atoms with Crippen molar-refractivity contribution in [1.29, 1.82) is 0 Å². The fourth-order valence-electron chi connectivity index (χ4n) is 13.6. The van der Waals surface area contributed by atoms with E-state index >= 15 is 0 Å². The number of methoxy groups -OCH3 is 1. The van der Waals surface area contributed by atoms with E-state index in [9.17, 15) is 14.4 Å². The number of ketones is 2. The molecule has 49 heavy (non-hydrogen) atoms. The van der Waals surface area contributed by atoms with Crippen LogP contribution in [0.4, 0.5) is 0 Å². The Hall–Kier alpha value is -2.69. The fraction of sp³-hybridized carbons (Fsp3) is 0.705. The molecule has 0 N–H and O–H groups in total. The van der Waals surface area contributed by atoms with Gasteiger partial charge in [0.2, 0.25) is 0 Å². The molecular formula is C44H62O5. The number of ether oxygens (including phenoxy) is 2. The number of allylic oxidation sites excluding steroid dienone is 1. The first-order valence-electron chi connectivity index (χ1n) is 19.1. The summed E-state index contributed by atoms with van der Waals surface area (Å²) in [5, 5.41) is 0. The molecule has 0 amide bonds. The number of Topliss-reactive ketones (excluding diaryl/α,β-unsaturated/α-hetero) is 2.